The normalized spacial score (nSPS) is 21.1. The lowest BCUT2D eigenvalue weighted by Crippen LogP contribution is -2.39. The molecule has 2 aromatic heterocycles. The van der Waals surface area contributed by atoms with Crippen molar-refractivity contribution in [1.82, 2.24) is 19.7 Å². The Morgan fingerprint density at radius 3 is 2.59 bits per heavy atom. The lowest BCUT2D eigenvalue weighted by Gasteiger charge is -2.35. The van der Waals surface area contributed by atoms with E-state index in [1.165, 1.54) is 17.5 Å². The highest BCUT2D eigenvalue weighted by Gasteiger charge is 2.26. The second-order valence-corrected chi connectivity index (χ2v) is 8.74. The van der Waals surface area contributed by atoms with Gasteiger partial charge in [-0.3, -0.25) is 0 Å². The predicted octanol–water partition coefficient (Wildman–Crippen LogP) is 4.09. The molecule has 3 aromatic rings. The molecule has 2 aliphatic heterocycles. The van der Waals surface area contributed by atoms with E-state index in [-0.39, 0.29) is 0 Å². The topological polar surface area (TPSA) is 58.9 Å². The number of hydrogen-bond acceptors (Lipinski definition) is 5. The van der Waals surface area contributed by atoms with E-state index in [0.29, 0.717) is 11.8 Å². The molecular weight excluding hydrogens is 360 g/mol. The van der Waals surface area contributed by atoms with Crippen molar-refractivity contribution in [3.8, 4) is 16.9 Å². The second-order valence-electron chi connectivity index (χ2n) is 8.74. The highest BCUT2D eigenvalue weighted by Crippen LogP contribution is 2.34. The largest absolute Gasteiger partial charge is 0.368 e. The number of aryl methyl sites for hydroxylation is 1. The molecule has 6 heteroatoms. The van der Waals surface area contributed by atoms with Crippen molar-refractivity contribution in [2.45, 2.75) is 33.6 Å². The van der Waals surface area contributed by atoms with Gasteiger partial charge in [-0.2, -0.15) is 0 Å². The standard InChI is InChI=1S/C23H28N6/c1-15-4-6-19(7-5-15)29-14-20-21-18(8-9-24-22(20)27-29)11-25-23(26-21)28-12-16(2)10-17(3)13-28/h4-7,11,14,16-17H,8-10,12-13H2,1-3H3,(H,24,27). The molecule has 1 fully saturated rings. The van der Waals surface area contributed by atoms with Crippen molar-refractivity contribution in [3.63, 3.8) is 0 Å². The maximum Gasteiger partial charge on any atom is 0.225 e. The van der Waals surface area contributed by atoms with Crippen LogP contribution in [0.5, 0.6) is 0 Å². The second kappa shape index (κ2) is 7.17. The Morgan fingerprint density at radius 1 is 1.07 bits per heavy atom. The first kappa shape index (κ1) is 18.2. The summed E-state index contributed by atoms with van der Waals surface area (Å²) >= 11 is 0. The van der Waals surface area contributed by atoms with E-state index < -0.39 is 0 Å². The van der Waals surface area contributed by atoms with E-state index >= 15 is 0 Å². The minimum atomic E-state index is 0.669. The smallest absolute Gasteiger partial charge is 0.225 e. The Labute approximate surface area is 172 Å². The lowest BCUT2D eigenvalue weighted by molar-refractivity contribution is 0.353. The molecule has 2 unspecified atom stereocenters. The number of piperidine rings is 1. The van der Waals surface area contributed by atoms with Gasteiger partial charge in [-0.25, -0.2) is 14.6 Å². The number of fused-ring (bicyclic) bond motifs is 3. The van der Waals surface area contributed by atoms with E-state index in [9.17, 15) is 0 Å². The molecule has 29 heavy (non-hydrogen) atoms. The SMILES string of the molecule is Cc1ccc(-n2cc3c(n2)NCCc2cnc(N4CC(C)CC(C)C4)nc2-3)cc1. The van der Waals surface area contributed by atoms with Crippen molar-refractivity contribution in [1.29, 1.82) is 0 Å². The molecule has 0 bridgehead atoms. The maximum absolute atomic E-state index is 5.05. The number of aromatic nitrogens is 4. The number of rotatable bonds is 2. The van der Waals surface area contributed by atoms with Crippen LogP contribution in [-0.4, -0.2) is 39.4 Å². The van der Waals surface area contributed by atoms with Crippen LogP contribution in [0.2, 0.25) is 0 Å². The van der Waals surface area contributed by atoms with E-state index in [1.54, 1.807) is 0 Å². The summed E-state index contributed by atoms with van der Waals surface area (Å²) in [4.78, 5) is 12.1. The zero-order chi connectivity index (χ0) is 20.0. The molecule has 0 aliphatic carbocycles. The van der Waals surface area contributed by atoms with Crippen LogP contribution < -0.4 is 10.2 Å². The first-order valence-corrected chi connectivity index (χ1v) is 10.6. The Morgan fingerprint density at radius 2 is 1.83 bits per heavy atom. The number of anilines is 2. The van der Waals surface area contributed by atoms with E-state index in [1.807, 2.05) is 10.9 Å². The maximum atomic E-state index is 5.05. The van der Waals surface area contributed by atoms with Crippen LogP contribution >= 0.6 is 0 Å². The molecule has 6 nitrogen and oxygen atoms in total. The van der Waals surface area contributed by atoms with Gasteiger partial charge < -0.3 is 10.2 Å². The third kappa shape index (κ3) is 3.48. The molecule has 150 valence electrons. The van der Waals surface area contributed by atoms with Gasteiger partial charge >= 0.3 is 0 Å². The fraction of sp³-hybridized carbons (Fsp3) is 0.435. The molecule has 0 radical (unpaired) electrons. The van der Waals surface area contributed by atoms with Gasteiger partial charge in [0.25, 0.3) is 0 Å². The van der Waals surface area contributed by atoms with Gasteiger partial charge in [0.15, 0.2) is 5.82 Å². The molecule has 2 atom stereocenters. The van der Waals surface area contributed by atoms with Crippen LogP contribution in [0, 0.1) is 18.8 Å². The van der Waals surface area contributed by atoms with Crippen molar-refractivity contribution in [3.05, 3.63) is 47.8 Å². The summed E-state index contributed by atoms with van der Waals surface area (Å²) in [6.07, 6.45) is 6.29. The van der Waals surface area contributed by atoms with Crippen LogP contribution in [0.15, 0.2) is 36.7 Å². The number of nitrogens with zero attached hydrogens (tertiary/aromatic N) is 5. The third-order valence-corrected chi connectivity index (χ3v) is 5.96. The van der Waals surface area contributed by atoms with Gasteiger partial charge in [-0.15, -0.1) is 5.10 Å². The van der Waals surface area contributed by atoms with Gasteiger partial charge in [0, 0.05) is 32.0 Å². The van der Waals surface area contributed by atoms with Crippen LogP contribution in [0.1, 0.15) is 31.4 Å². The first-order valence-electron chi connectivity index (χ1n) is 10.6. The summed E-state index contributed by atoms with van der Waals surface area (Å²) in [5.74, 6) is 3.08. The van der Waals surface area contributed by atoms with Crippen molar-refractivity contribution in [2.24, 2.45) is 11.8 Å². The molecule has 1 aromatic carbocycles. The Kier molecular flexibility index (Phi) is 4.49. The van der Waals surface area contributed by atoms with Crippen molar-refractivity contribution < 1.29 is 0 Å². The van der Waals surface area contributed by atoms with Gasteiger partial charge in [-0.05, 0) is 49.3 Å². The van der Waals surface area contributed by atoms with Crippen LogP contribution in [0.4, 0.5) is 11.8 Å². The van der Waals surface area contributed by atoms with Gasteiger partial charge in [0.05, 0.1) is 16.9 Å². The molecule has 1 N–H and O–H groups in total. The van der Waals surface area contributed by atoms with Gasteiger partial charge in [0.1, 0.15) is 0 Å². The molecule has 5 rings (SSSR count). The van der Waals surface area contributed by atoms with E-state index in [0.717, 1.165) is 54.8 Å². The molecular formula is C23H28N6. The fourth-order valence-corrected chi connectivity index (χ4v) is 4.62. The third-order valence-electron chi connectivity index (χ3n) is 5.96. The van der Waals surface area contributed by atoms with Gasteiger partial charge in [0.2, 0.25) is 5.95 Å². The molecule has 0 spiro atoms. The van der Waals surface area contributed by atoms with E-state index in [4.69, 9.17) is 15.1 Å². The van der Waals surface area contributed by atoms with Crippen molar-refractivity contribution in [2.75, 3.05) is 29.9 Å². The summed E-state index contributed by atoms with van der Waals surface area (Å²) in [7, 11) is 0. The number of hydrogen-bond donors (Lipinski definition) is 1. The molecule has 1 saturated heterocycles. The van der Waals surface area contributed by atoms with Crippen molar-refractivity contribution >= 4 is 11.8 Å². The predicted molar refractivity (Wildman–Crippen MR) is 117 cm³/mol. The summed E-state index contributed by atoms with van der Waals surface area (Å²) in [5, 5.41) is 8.28. The highest BCUT2D eigenvalue weighted by atomic mass is 15.3. The lowest BCUT2D eigenvalue weighted by atomic mass is 9.92. The monoisotopic (exact) mass is 388 g/mol. The highest BCUT2D eigenvalue weighted by molar-refractivity contribution is 5.76. The molecule has 0 saturated carbocycles. The summed E-state index contributed by atoms with van der Waals surface area (Å²) < 4.78 is 1.94. The summed E-state index contributed by atoms with van der Waals surface area (Å²) in [5.41, 5.74) is 5.55. The van der Waals surface area contributed by atoms with Crippen LogP contribution in [0.3, 0.4) is 0 Å². The summed E-state index contributed by atoms with van der Waals surface area (Å²) in [6.45, 7) is 9.62. The Bertz CT molecular complexity index is 1010. The Balaban J connectivity index is 1.55. The molecule has 2 aliphatic rings. The van der Waals surface area contributed by atoms with Crippen LogP contribution in [-0.2, 0) is 6.42 Å². The minimum Gasteiger partial charge on any atom is -0.368 e. The van der Waals surface area contributed by atoms with Crippen LogP contribution in [0.25, 0.3) is 16.9 Å². The zero-order valence-corrected chi connectivity index (χ0v) is 17.4. The minimum absolute atomic E-state index is 0.669. The van der Waals surface area contributed by atoms with Gasteiger partial charge in [-0.1, -0.05) is 31.5 Å². The quantitative estimate of drug-likeness (QED) is 0.717. The summed E-state index contributed by atoms with van der Waals surface area (Å²) in [6, 6.07) is 8.43. The molecule has 0 amide bonds. The number of benzene rings is 1. The van der Waals surface area contributed by atoms with E-state index in [2.05, 4.69) is 61.5 Å². The zero-order valence-electron chi connectivity index (χ0n) is 17.4. The Hall–Kier alpha value is -2.89. The molecule has 4 heterocycles. The number of nitrogens with one attached hydrogen (secondary N) is 1. The fourth-order valence-electron chi connectivity index (χ4n) is 4.62. The average molecular weight is 389 g/mol. The average Bonchev–Trinajstić information content (AvgIpc) is 3.04. The first-order chi connectivity index (χ1) is 14.1.